The minimum absolute atomic E-state index is 0.257. The molecule has 4 rings (SSSR count). The molecule has 134 valence electrons. The van der Waals surface area contributed by atoms with E-state index >= 15 is 0 Å². The highest BCUT2D eigenvalue weighted by Gasteiger charge is 2.15. The molecule has 2 heterocycles. The average molecular weight is 349 g/mol. The van der Waals surface area contributed by atoms with Crippen molar-refractivity contribution < 1.29 is 9.47 Å². The van der Waals surface area contributed by atoms with E-state index in [4.69, 9.17) is 9.47 Å². The van der Waals surface area contributed by atoms with Crippen LogP contribution in [0.3, 0.4) is 0 Å². The van der Waals surface area contributed by atoms with Gasteiger partial charge in [-0.15, -0.1) is 5.10 Å². The van der Waals surface area contributed by atoms with Gasteiger partial charge >= 0.3 is 0 Å². The van der Waals surface area contributed by atoms with Crippen molar-refractivity contribution in [1.82, 2.24) is 15.0 Å². The first-order chi connectivity index (χ1) is 12.9. The molecule has 5 nitrogen and oxygen atoms in total. The first-order valence-corrected chi connectivity index (χ1v) is 9.16. The minimum atomic E-state index is 0.257. The SMILES string of the molecule is c1ccc(COc2ccc(-c3cn(CC4CCCCO4)nn3)cc2)cc1. The monoisotopic (exact) mass is 349 g/mol. The van der Waals surface area contributed by atoms with Gasteiger partial charge in [-0.3, -0.25) is 0 Å². The molecule has 0 N–H and O–H groups in total. The summed E-state index contributed by atoms with van der Waals surface area (Å²) in [5.41, 5.74) is 3.06. The van der Waals surface area contributed by atoms with Crippen LogP contribution in [0.1, 0.15) is 24.8 Å². The molecular weight excluding hydrogens is 326 g/mol. The molecule has 1 saturated heterocycles. The standard InChI is InChI=1S/C21H23N3O2/c1-2-6-17(7-3-1)16-26-19-11-9-18(10-12-19)21-15-24(23-22-21)14-20-8-4-5-13-25-20/h1-3,6-7,9-12,15,20H,4-5,8,13-14,16H2. The molecule has 1 atom stereocenters. The summed E-state index contributed by atoms with van der Waals surface area (Å²) in [6, 6.07) is 18.1. The fraction of sp³-hybridized carbons (Fsp3) is 0.333. The molecule has 1 aromatic heterocycles. The van der Waals surface area contributed by atoms with Gasteiger partial charge in [-0.2, -0.15) is 0 Å². The Morgan fingerprint density at radius 2 is 1.88 bits per heavy atom. The van der Waals surface area contributed by atoms with Crippen LogP contribution in [0.5, 0.6) is 5.75 Å². The summed E-state index contributed by atoms with van der Waals surface area (Å²) in [6.07, 6.45) is 5.74. The Kier molecular flexibility index (Phi) is 5.26. The van der Waals surface area contributed by atoms with Crippen molar-refractivity contribution in [2.75, 3.05) is 6.61 Å². The lowest BCUT2D eigenvalue weighted by Gasteiger charge is -2.21. The van der Waals surface area contributed by atoms with Crippen LogP contribution in [0, 0.1) is 0 Å². The molecule has 5 heteroatoms. The predicted molar refractivity (Wildman–Crippen MR) is 99.8 cm³/mol. The first kappa shape index (κ1) is 16.8. The van der Waals surface area contributed by atoms with E-state index in [1.54, 1.807) is 0 Å². The highest BCUT2D eigenvalue weighted by Crippen LogP contribution is 2.22. The van der Waals surface area contributed by atoms with Crippen LogP contribution in [-0.4, -0.2) is 27.7 Å². The molecule has 3 aromatic rings. The summed E-state index contributed by atoms with van der Waals surface area (Å²) in [6.45, 7) is 2.19. The van der Waals surface area contributed by atoms with E-state index in [2.05, 4.69) is 22.4 Å². The van der Waals surface area contributed by atoms with E-state index in [0.717, 1.165) is 48.6 Å². The van der Waals surface area contributed by atoms with Crippen LogP contribution >= 0.6 is 0 Å². The Labute approximate surface area is 153 Å². The molecule has 1 aliphatic rings. The lowest BCUT2D eigenvalue weighted by atomic mass is 10.1. The van der Waals surface area contributed by atoms with Crippen molar-refractivity contribution >= 4 is 0 Å². The van der Waals surface area contributed by atoms with E-state index in [0.29, 0.717) is 6.61 Å². The Morgan fingerprint density at radius 1 is 1.04 bits per heavy atom. The lowest BCUT2D eigenvalue weighted by Crippen LogP contribution is -2.24. The fourth-order valence-electron chi connectivity index (χ4n) is 3.14. The number of hydrogen-bond donors (Lipinski definition) is 0. The molecule has 2 aromatic carbocycles. The third-order valence-corrected chi connectivity index (χ3v) is 4.60. The Bertz CT molecular complexity index is 809. The zero-order valence-corrected chi connectivity index (χ0v) is 14.8. The molecule has 0 bridgehead atoms. The number of hydrogen-bond acceptors (Lipinski definition) is 4. The van der Waals surface area contributed by atoms with Gasteiger partial charge in [0.1, 0.15) is 18.1 Å². The molecule has 1 aliphatic heterocycles. The molecular formula is C21H23N3O2. The van der Waals surface area contributed by atoms with Gasteiger partial charge in [0.25, 0.3) is 0 Å². The lowest BCUT2D eigenvalue weighted by molar-refractivity contribution is 0.00370. The van der Waals surface area contributed by atoms with Crippen molar-refractivity contribution in [2.24, 2.45) is 0 Å². The zero-order chi connectivity index (χ0) is 17.6. The van der Waals surface area contributed by atoms with Crippen LogP contribution in [-0.2, 0) is 17.9 Å². The van der Waals surface area contributed by atoms with Crippen LogP contribution in [0.15, 0.2) is 60.8 Å². The van der Waals surface area contributed by atoms with Crippen molar-refractivity contribution in [3.63, 3.8) is 0 Å². The molecule has 0 saturated carbocycles. The second kappa shape index (κ2) is 8.15. The summed E-state index contributed by atoms with van der Waals surface area (Å²) in [5.74, 6) is 0.848. The second-order valence-corrected chi connectivity index (χ2v) is 6.61. The number of benzene rings is 2. The van der Waals surface area contributed by atoms with Gasteiger partial charge in [-0.05, 0) is 49.1 Å². The van der Waals surface area contributed by atoms with E-state index in [9.17, 15) is 0 Å². The number of nitrogens with zero attached hydrogens (tertiary/aromatic N) is 3. The third kappa shape index (κ3) is 4.29. The van der Waals surface area contributed by atoms with Gasteiger partial charge in [-0.1, -0.05) is 35.5 Å². The van der Waals surface area contributed by atoms with E-state index < -0.39 is 0 Å². The van der Waals surface area contributed by atoms with Gasteiger partial charge in [0, 0.05) is 12.2 Å². The number of aromatic nitrogens is 3. The van der Waals surface area contributed by atoms with Crippen molar-refractivity contribution in [3.8, 4) is 17.0 Å². The third-order valence-electron chi connectivity index (χ3n) is 4.60. The average Bonchev–Trinajstić information content (AvgIpc) is 3.17. The summed E-state index contributed by atoms with van der Waals surface area (Å²) < 4.78 is 13.5. The van der Waals surface area contributed by atoms with Gasteiger partial charge in [0.15, 0.2) is 0 Å². The summed E-state index contributed by atoms with van der Waals surface area (Å²) >= 11 is 0. The molecule has 26 heavy (non-hydrogen) atoms. The van der Waals surface area contributed by atoms with Gasteiger partial charge in [-0.25, -0.2) is 4.68 Å². The maximum absolute atomic E-state index is 5.83. The van der Waals surface area contributed by atoms with E-state index in [1.807, 2.05) is 53.3 Å². The molecule has 0 amide bonds. The Balaban J connectivity index is 1.36. The molecule has 0 radical (unpaired) electrons. The molecule has 0 spiro atoms. The first-order valence-electron chi connectivity index (χ1n) is 9.16. The largest absolute Gasteiger partial charge is 0.489 e. The Morgan fingerprint density at radius 3 is 2.65 bits per heavy atom. The number of ether oxygens (including phenoxy) is 2. The Hall–Kier alpha value is -2.66. The van der Waals surface area contributed by atoms with Gasteiger partial charge in [0.2, 0.25) is 0 Å². The van der Waals surface area contributed by atoms with E-state index in [1.165, 1.54) is 6.42 Å². The van der Waals surface area contributed by atoms with Crippen LogP contribution in [0.25, 0.3) is 11.3 Å². The number of rotatable bonds is 6. The maximum Gasteiger partial charge on any atom is 0.119 e. The van der Waals surface area contributed by atoms with Gasteiger partial charge < -0.3 is 9.47 Å². The molecule has 1 unspecified atom stereocenters. The van der Waals surface area contributed by atoms with Crippen molar-refractivity contribution in [3.05, 3.63) is 66.4 Å². The topological polar surface area (TPSA) is 49.2 Å². The quantitative estimate of drug-likeness (QED) is 0.672. The predicted octanol–water partition coefficient (Wildman–Crippen LogP) is 4.09. The van der Waals surface area contributed by atoms with Crippen LogP contribution in [0.4, 0.5) is 0 Å². The van der Waals surface area contributed by atoms with Crippen LogP contribution < -0.4 is 4.74 Å². The zero-order valence-electron chi connectivity index (χ0n) is 14.8. The molecule has 0 aliphatic carbocycles. The van der Waals surface area contributed by atoms with Gasteiger partial charge in [0.05, 0.1) is 18.8 Å². The summed E-state index contributed by atoms with van der Waals surface area (Å²) in [5, 5.41) is 8.53. The summed E-state index contributed by atoms with van der Waals surface area (Å²) in [4.78, 5) is 0. The van der Waals surface area contributed by atoms with Crippen molar-refractivity contribution in [2.45, 2.75) is 38.5 Å². The normalized spacial score (nSPS) is 17.2. The second-order valence-electron chi connectivity index (χ2n) is 6.61. The van der Waals surface area contributed by atoms with E-state index in [-0.39, 0.29) is 6.10 Å². The maximum atomic E-state index is 5.83. The van der Waals surface area contributed by atoms with Crippen molar-refractivity contribution in [1.29, 1.82) is 0 Å². The van der Waals surface area contributed by atoms with Crippen LogP contribution in [0.2, 0.25) is 0 Å². The highest BCUT2D eigenvalue weighted by atomic mass is 16.5. The summed E-state index contributed by atoms with van der Waals surface area (Å²) in [7, 11) is 0. The minimum Gasteiger partial charge on any atom is -0.489 e. The highest BCUT2D eigenvalue weighted by molar-refractivity contribution is 5.58. The molecule has 1 fully saturated rings. The fourth-order valence-corrected chi connectivity index (χ4v) is 3.14. The smallest absolute Gasteiger partial charge is 0.119 e.